The van der Waals surface area contributed by atoms with Crippen molar-refractivity contribution in [3.63, 3.8) is 0 Å². The SMILES string of the molecule is CCc1ccccc1-n1c(C(C)N(CCC(C)C)C(=O)c2cccc(OC)c2)nc2ccccc2c1=O. The summed E-state index contributed by atoms with van der Waals surface area (Å²) >= 11 is 0. The van der Waals surface area contributed by atoms with Crippen molar-refractivity contribution in [2.24, 2.45) is 5.92 Å². The summed E-state index contributed by atoms with van der Waals surface area (Å²) in [6, 6.07) is 22.0. The molecule has 0 bridgehead atoms. The van der Waals surface area contributed by atoms with Gasteiger partial charge in [-0.25, -0.2) is 4.98 Å². The van der Waals surface area contributed by atoms with Crippen LogP contribution >= 0.6 is 0 Å². The van der Waals surface area contributed by atoms with Crippen LogP contribution in [0.3, 0.4) is 0 Å². The minimum atomic E-state index is -0.459. The average Bonchev–Trinajstić information content (AvgIpc) is 2.92. The second-order valence-electron chi connectivity index (χ2n) is 9.70. The normalized spacial score (nSPS) is 12.1. The number of fused-ring (bicyclic) bond motifs is 1. The quantitative estimate of drug-likeness (QED) is 0.276. The number of para-hydroxylation sites is 2. The maximum atomic E-state index is 13.9. The van der Waals surface area contributed by atoms with Crippen LogP contribution in [0.5, 0.6) is 5.75 Å². The highest BCUT2D eigenvalue weighted by Crippen LogP contribution is 2.27. The van der Waals surface area contributed by atoms with Gasteiger partial charge in [-0.1, -0.05) is 57.2 Å². The Bertz CT molecular complexity index is 1460. The summed E-state index contributed by atoms with van der Waals surface area (Å²) in [5, 5.41) is 0.553. The van der Waals surface area contributed by atoms with Crippen molar-refractivity contribution in [2.45, 2.75) is 46.6 Å². The zero-order valence-corrected chi connectivity index (χ0v) is 22.3. The summed E-state index contributed by atoms with van der Waals surface area (Å²) in [4.78, 5) is 34.7. The van der Waals surface area contributed by atoms with Crippen molar-refractivity contribution in [1.29, 1.82) is 0 Å². The van der Waals surface area contributed by atoms with Gasteiger partial charge in [0.25, 0.3) is 11.5 Å². The number of rotatable bonds is 9. The number of hydrogen-bond donors (Lipinski definition) is 0. The Kier molecular flexibility index (Phi) is 8.07. The molecule has 1 unspecified atom stereocenters. The Morgan fingerprint density at radius 3 is 2.46 bits per heavy atom. The van der Waals surface area contributed by atoms with E-state index >= 15 is 0 Å². The van der Waals surface area contributed by atoms with Crippen LogP contribution in [0, 0.1) is 5.92 Å². The molecular formula is C31H35N3O3. The first kappa shape index (κ1) is 26.1. The molecule has 1 atom stereocenters. The third-order valence-corrected chi connectivity index (χ3v) is 6.78. The van der Waals surface area contributed by atoms with Crippen LogP contribution in [0.25, 0.3) is 16.6 Å². The molecule has 1 amide bonds. The van der Waals surface area contributed by atoms with Crippen LogP contribution in [0.15, 0.2) is 77.6 Å². The van der Waals surface area contributed by atoms with Crippen LogP contribution in [0.2, 0.25) is 0 Å². The van der Waals surface area contributed by atoms with E-state index in [1.807, 2.05) is 72.5 Å². The molecule has 3 aromatic carbocycles. The Labute approximate surface area is 218 Å². The summed E-state index contributed by atoms with van der Waals surface area (Å²) in [5.74, 6) is 1.45. The highest BCUT2D eigenvalue weighted by atomic mass is 16.5. The molecular weight excluding hydrogens is 462 g/mol. The number of aromatic nitrogens is 2. The summed E-state index contributed by atoms with van der Waals surface area (Å²) in [6.45, 7) is 8.84. The highest BCUT2D eigenvalue weighted by Gasteiger charge is 2.28. The van der Waals surface area contributed by atoms with Gasteiger partial charge in [0.2, 0.25) is 0 Å². The predicted octanol–water partition coefficient (Wildman–Crippen LogP) is 6.21. The molecule has 0 radical (unpaired) electrons. The Morgan fingerprint density at radius 1 is 1.00 bits per heavy atom. The summed E-state index contributed by atoms with van der Waals surface area (Å²) < 4.78 is 7.07. The maximum absolute atomic E-state index is 13.9. The van der Waals surface area contributed by atoms with Gasteiger partial charge in [-0.3, -0.25) is 14.2 Å². The molecule has 0 aliphatic rings. The number of carbonyl (C=O) groups excluding carboxylic acids is 1. The predicted molar refractivity (Wildman–Crippen MR) is 149 cm³/mol. The fourth-order valence-corrected chi connectivity index (χ4v) is 4.62. The summed E-state index contributed by atoms with van der Waals surface area (Å²) in [7, 11) is 1.59. The van der Waals surface area contributed by atoms with E-state index in [1.54, 1.807) is 23.8 Å². The van der Waals surface area contributed by atoms with Gasteiger partial charge in [0.05, 0.1) is 29.7 Å². The molecule has 192 valence electrons. The summed E-state index contributed by atoms with van der Waals surface area (Å²) in [5.41, 5.74) is 2.87. The highest BCUT2D eigenvalue weighted by molar-refractivity contribution is 5.95. The van der Waals surface area contributed by atoms with Gasteiger partial charge in [0.15, 0.2) is 0 Å². The molecule has 37 heavy (non-hydrogen) atoms. The lowest BCUT2D eigenvalue weighted by Gasteiger charge is -2.31. The molecule has 4 rings (SSSR count). The second kappa shape index (κ2) is 11.4. The summed E-state index contributed by atoms with van der Waals surface area (Å²) in [6.07, 6.45) is 1.59. The van der Waals surface area contributed by atoms with Gasteiger partial charge in [0, 0.05) is 12.1 Å². The van der Waals surface area contributed by atoms with E-state index in [4.69, 9.17) is 9.72 Å². The molecule has 0 spiro atoms. The smallest absolute Gasteiger partial charge is 0.266 e. The number of aryl methyl sites for hydroxylation is 1. The van der Waals surface area contributed by atoms with Crippen molar-refractivity contribution in [1.82, 2.24) is 14.5 Å². The van der Waals surface area contributed by atoms with E-state index in [1.165, 1.54) is 0 Å². The van der Waals surface area contributed by atoms with E-state index in [2.05, 4.69) is 20.8 Å². The zero-order valence-electron chi connectivity index (χ0n) is 22.3. The first-order valence-corrected chi connectivity index (χ1v) is 12.9. The van der Waals surface area contributed by atoms with Gasteiger partial charge < -0.3 is 9.64 Å². The van der Waals surface area contributed by atoms with Crippen molar-refractivity contribution >= 4 is 16.8 Å². The van der Waals surface area contributed by atoms with Crippen LogP contribution in [0.1, 0.15) is 61.9 Å². The van der Waals surface area contributed by atoms with Crippen LogP contribution < -0.4 is 10.3 Å². The number of ether oxygens (including phenoxy) is 1. The molecule has 0 N–H and O–H groups in total. The first-order valence-electron chi connectivity index (χ1n) is 12.9. The van der Waals surface area contributed by atoms with Crippen molar-refractivity contribution in [3.05, 3.63) is 100 Å². The molecule has 0 fully saturated rings. The average molecular weight is 498 g/mol. The molecule has 6 nitrogen and oxygen atoms in total. The van der Waals surface area contributed by atoms with E-state index < -0.39 is 6.04 Å². The van der Waals surface area contributed by atoms with Crippen LogP contribution in [-0.2, 0) is 6.42 Å². The fraction of sp³-hybridized carbons (Fsp3) is 0.323. The molecule has 0 aliphatic heterocycles. The number of benzene rings is 3. The van der Waals surface area contributed by atoms with Gasteiger partial charge in [0.1, 0.15) is 11.6 Å². The van der Waals surface area contributed by atoms with Crippen molar-refractivity contribution in [3.8, 4) is 11.4 Å². The van der Waals surface area contributed by atoms with E-state index in [9.17, 15) is 9.59 Å². The molecule has 4 aromatic rings. The number of nitrogens with zero attached hydrogens (tertiary/aromatic N) is 3. The lowest BCUT2D eigenvalue weighted by atomic mass is 10.1. The lowest BCUT2D eigenvalue weighted by molar-refractivity contribution is 0.0671. The van der Waals surface area contributed by atoms with Gasteiger partial charge in [-0.2, -0.15) is 0 Å². The maximum Gasteiger partial charge on any atom is 0.266 e. The Hall–Kier alpha value is -3.93. The zero-order chi connectivity index (χ0) is 26.5. The first-order chi connectivity index (χ1) is 17.8. The third kappa shape index (κ3) is 5.43. The van der Waals surface area contributed by atoms with Gasteiger partial charge in [-0.15, -0.1) is 0 Å². The largest absolute Gasteiger partial charge is 0.497 e. The fourth-order valence-electron chi connectivity index (χ4n) is 4.62. The molecule has 6 heteroatoms. The Balaban J connectivity index is 1.92. The molecule has 0 saturated carbocycles. The number of amides is 1. The van der Waals surface area contributed by atoms with Crippen LogP contribution in [-0.4, -0.2) is 34.0 Å². The number of hydrogen-bond acceptors (Lipinski definition) is 4. The monoisotopic (exact) mass is 497 g/mol. The van der Waals surface area contributed by atoms with Gasteiger partial charge in [-0.05, 0) is 67.6 Å². The minimum Gasteiger partial charge on any atom is -0.497 e. The third-order valence-electron chi connectivity index (χ3n) is 6.78. The molecule has 0 saturated heterocycles. The van der Waals surface area contributed by atoms with Gasteiger partial charge >= 0.3 is 0 Å². The van der Waals surface area contributed by atoms with E-state index in [0.717, 1.165) is 24.1 Å². The number of methoxy groups -OCH3 is 1. The van der Waals surface area contributed by atoms with Crippen molar-refractivity contribution < 1.29 is 9.53 Å². The van der Waals surface area contributed by atoms with E-state index in [0.29, 0.717) is 40.5 Å². The molecule has 1 aromatic heterocycles. The Morgan fingerprint density at radius 2 is 1.73 bits per heavy atom. The number of carbonyl (C=O) groups is 1. The second-order valence-corrected chi connectivity index (χ2v) is 9.70. The van der Waals surface area contributed by atoms with Crippen LogP contribution in [0.4, 0.5) is 0 Å². The molecule has 1 heterocycles. The molecule has 0 aliphatic carbocycles. The standard InChI is InChI=1S/C31H35N3O3/c1-6-23-12-7-10-17-28(23)34-29(32-27-16-9-8-15-26(27)31(34)36)22(4)33(19-18-21(2)3)30(35)24-13-11-14-25(20-24)37-5/h7-17,20-22H,6,18-19H2,1-5H3. The van der Waals surface area contributed by atoms with Crippen molar-refractivity contribution in [2.75, 3.05) is 13.7 Å². The van der Waals surface area contributed by atoms with E-state index in [-0.39, 0.29) is 11.5 Å². The topological polar surface area (TPSA) is 64.4 Å². The minimum absolute atomic E-state index is 0.121. The lowest BCUT2D eigenvalue weighted by Crippen LogP contribution is -2.38.